The molecule has 0 unspecified atom stereocenters. The Bertz CT molecular complexity index is 715. The fourth-order valence-corrected chi connectivity index (χ4v) is 4.87. The van der Waals surface area contributed by atoms with Gasteiger partial charge in [0.05, 0.1) is 12.6 Å². The van der Waals surface area contributed by atoms with Crippen LogP contribution >= 0.6 is 11.8 Å². The second-order valence-electron chi connectivity index (χ2n) is 7.41. The molecule has 7 heteroatoms. The summed E-state index contributed by atoms with van der Waals surface area (Å²) in [5.41, 5.74) is 0. The topological polar surface area (TPSA) is 56.3 Å². The van der Waals surface area contributed by atoms with Crippen molar-refractivity contribution in [2.75, 3.05) is 25.4 Å². The Balaban J connectivity index is 1.29. The Morgan fingerprint density at radius 3 is 2.73 bits per heavy atom. The summed E-state index contributed by atoms with van der Waals surface area (Å²) in [7, 11) is 2.10. The fraction of sp³-hybridized carbons (Fsp3) is 0.684. The van der Waals surface area contributed by atoms with E-state index in [1.54, 1.807) is 11.8 Å². The van der Waals surface area contributed by atoms with Gasteiger partial charge < -0.3 is 13.7 Å². The number of likely N-dealkylation sites (tertiary alicyclic amines) is 1. The van der Waals surface area contributed by atoms with E-state index in [0.717, 1.165) is 67.3 Å². The highest BCUT2D eigenvalue weighted by Crippen LogP contribution is 2.30. The van der Waals surface area contributed by atoms with E-state index in [0.29, 0.717) is 12.0 Å². The third-order valence-corrected chi connectivity index (χ3v) is 6.57. The highest BCUT2D eigenvalue weighted by molar-refractivity contribution is 7.99. The van der Waals surface area contributed by atoms with Gasteiger partial charge >= 0.3 is 0 Å². The fourth-order valence-electron chi connectivity index (χ4n) is 3.89. The lowest BCUT2D eigenvalue weighted by molar-refractivity contribution is 0.129. The average molecular weight is 377 g/mol. The van der Waals surface area contributed by atoms with Crippen molar-refractivity contribution >= 4 is 11.8 Å². The van der Waals surface area contributed by atoms with Crippen LogP contribution in [-0.2, 0) is 18.3 Å². The monoisotopic (exact) mass is 376 g/mol. The number of piperidine rings is 1. The Hall–Kier alpha value is -1.31. The molecule has 2 saturated heterocycles. The Labute approximate surface area is 159 Å². The van der Waals surface area contributed by atoms with Crippen LogP contribution in [0.3, 0.4) is 0 Å². The molecule has 2 aliphatic rings. The maximum absolute atomic E-state index is 5.71. The molecule has 1 atom stereocenters. The maximum atomic E-state index is 5.71. The Kier molecular flexibility index (Phi) is 5.66. The van der Waals surface area contributed by atoms with Gasteiger partial charge in [0.1, 0.15) is 17.3 Å². The molecular weight excluding hydrogens is 348 g/mol. The zero-order valence-corrected chi connectivity index (χ0v) is 16.5. The van der Waals surface area contributed by atoms with Crippen molar-refractivity contribution in [1.82, 2.24) is 19.7 Å². The molecule has 4 heterocycles. The Morgan fingerprint density at radius 1 is 1.19 bits per heavy atom. The highest BCUT2D eigenvalue weighted by Gasteiger charge is 2.26. The molecule has 2 fully saturated rings. The van der Waals surface area contributed by atoms with E-state index in [1.807, 2.05) is 13.0 Å². The number of aromatic nitrogens is 3. The van der Waals surface area contributed by atoms with Gasteiger partial charge in [0.25, 0.3) is 0 Å². The maximum Gasteiger partial charge on any atom is 0.191 e. The number of rotatable bonds is 6. The molecule has 0 N–H and O–H groups in total. The van der Waals surface area contributed by atoms with Crippen molar-refractivity contribution < 1.29 is 9.15 Å². The van der Waals surface area contributed by atoms with E-state index < -0.39 is 0 Å². The van der Waals surface area contributed by atoms with Gasteiger partial charge in [-0.05, 0) is 57.8 Å². The molecule has 26 heavy (non-hydrogen) atoms. The second-order valence-corrected chi connectivity index (χ2v) is 8.40. The number of aryl methyl sites for hydroxylation is 1. The first-order valence-electron chi connectivity index (χ1n) is 9.60. The van der Waals surface area contributed by atoms with Crippen LogP contribution in [0, 0.1) is 6.92 Å². The normalized spacial score (nSPS) is 22.3. The van der Waals surface area contributed by atoms with Gasteiger partial charge in [-0.15, -0.1) is 10.2 Å². The number of hydrogen-bond acceptors (Lipinski definition) is 6. The van der Waals surface area contributed by atoms with Crippen LogP contribution in [0.1, 0.15) is 48.9 Å². The summed E-state index contributed by atoms with van der Waals surface area (Å²) in [5.74, 6) is 4.66. The Morgan fingerprint density at radius 2 is 2.04 bits per heavy atom. The lowest BCUT2D eigenvalue weighted by atomic mass is 9.96. The molecule has 6 nitrogen and oxygen atoms in total. The molecule has 0 radical (unpaired) electrons. The predicted molar refractivity (Wildman–Crippen MR) is 101 cm³/mol. The molecule has 2 aliphatic heterocycles. The number of hydrogen-bond donors (Lipinski definition) is 0. The zero-order valence-electron chi connectivity index (χ0n) is 15.7. The van der Waals surface area contributed by atoms with Gasteiger partial charge in [0, 0.05) is 25.3 Å². The number of furan rings is 1. The molecule has 142 valence electrons. The smallest absolute Gasteiger partial charge is 0.191 e. The van der Waals surface area contributed by atoms with E-state index in [4.69, 9.17) is 9.15 Å². The van der Waals surface area contributed by atoms with Crippen molar-refractivity contribution in [3.8, 4) is 0 Å². The van der Waals surface area contributed by atoms with Crippen LogP contribution in [0.25, 0.3) is 0 Å². The van der Waals surface area contributed by atoms with Crippen molar-refractivity contribution in [2.45, 2.75) is 56.3 Å². The van der Waals surface area contributed by atoms with Crippen molar-refractivity contribution in [1.29, 1.82) is 0 Å². The SMILES string of the molecule is Cc1ccc(CN2CCC(c3nnc(SC[C@@H]4CCCO4)n3C)CC2)o1. The van der Waals surface area contributed by atoms with Gasteiger partial charge in [-0.2, -0.15) is 0 Å². The summed E-state index contributed by atoms with van der Waals surface area (Å²) in [6.45, 7) is 5.97. The standard InChI is InChI=1S/C19H28N4O2S/c1-14-5-6-16(25-14)12-23-9-7-15(8-10-23)18-20-21-19(22(18)2)26-13-17-4-3-11-24-17/h5-6,15,17H,3-4,7-13H2,1-2H3/t17-/m0/s1. The first kappa shape index (κ1) is 18.1. The van der Waals surface area contributed by atoms with E-state index >= 15 is 0 Å². The van der Waals surface area contributed by atoms with E-state index in [-0.39, 0.29) is 0 Å². The van der Waals surface area contributed by atoms with Crippen LogP contribution in [0.2, 0.25) is 0 Å². The van der Waals surface area contributed by atoms with Gasteiger partial charge in [-0.3, -0.25) is 4.90 Å². The van der Waals surface area contributed by atoms with Crippen molar-refractivity contribution in [2.24, 2.45) is 7.05 Å². The molecule has 2 aromatic heterocycles. The molecule has 4 rings (SSSR count). The quantitative estimate of drug-likeness (QED) is 0.721. The van der Waals surface area contributed by atoms with Crippen LogP contribution in [0.5, 0.6) is 0 Å². The first-order chi connectivity index (χ1) is 12.7. The number of thioether (sulfide) groups is 1. The largest absolute Gasteiger partial charge is 0.465 e. The van der Waals surface area contributed by atoms with Gasteiger partial charge in [-0.1, -0.05) is 11.8 Å². The summed E-state index contributed by atoms with van der Waals surface area (Å²) >= 11 is 1.78. The first-order valence-corrected chi connectivity index (χ1v) is 10.6. The number of ether oxygens (including phenoxy) is 1. The van der Waals surface area contributed by atoms with Gasteiger partial charge in [0.2, 0.25) is 0 Å². The van der Waals surface area contributed by atoms with Gasteiger partial charge in [0.15, 0.2) is 5.16 Å². The van der Waals surface area contributed by atoms with E-state index in [9.17, 15) is 0 Å². The summed E-state index contributed by atoms with van der Waals surface area (Å²) in [6, 6.07) is 4.12. The van der Waals surface area contributed by atoms with Crippen LogP contribution in [0.4, 0.5) is 0 Å². The zero-order chi connectivity index (χ0) is 17.9. The molecule has 0 amide bonds. The minimum absolute atomic E-state index is 0.383. The second kappa shape index (κ2) is 8.15. The van der Waals surface area contributed by atoms with Crippen LogP contribution in [-0.4, -0.2) is 51.2 Å². The van der Waals surface area contributed by atoms with Crippen molar-refractivity contribution in [3.63, 3.8) is 0 Å². The molecule has 0 aliphatic carbocycles. The molecule has 0 spiro atoms. The van der Waals surface area contributed by atoms with Gasteiger partial charge in [-0.25, -0.2) is 0 Å². The third-order valence-electron chi connectivity index (χ3n) is 5.42. The predicted octanol–water partition coefficient (Wildman–Crippen LogP) is 3.37. The highest BCUT2D eigenvalue weighted by atomic mass is 32.2. The summed E-state index contributed by atoms with van der Waals surface area (Å²) < 4.78 is 13.6. The molecule has 0 saturated carbocycles. The minimum Gasteiger partial charge on any atom is -0.465 e. The number of nitrogens with zero attached hydrogens (tertiary/aromatic N) is 4. The molecule has 0 bridgehead atoms. The lowest BCUT2D eigenvalue weighted by Crippen LogP contribution is -2.33. The van der Waals surface area contributed by atoms with Crippen molar-refractivity contribution in [3.05, 3.63) is 29.5 Å². The average Bonchev–Trinajstić information content (AvgIpc) is 3.37. The van der Waals surface area contributed by atoms with E-state index in [2.05, 4.69) is 32.8 Å². The van der Waals surface area contributed by atoms with Crippen LogP contribution < -0.4 is 0 Å². The molecule has 2 aromatic rings. The van der Waals surface area contributed by atoms with E-state index in [1.165, 1.54) is 12.8 Å². The summed E-state index contributed by atoms with van der Waals surface area (Å²) in [6.07, 6.45) is 5.00. The molecular formula is C19H28N4O2S. The summed E-state index contributed by atoms with van der Waals surface area (Å²) in [5, 5.41) is 9.96. The minimum atomic E-state index is 0.383. The lowest BCUT2D eigenvalue weighted by Gasteiger charge is -2.30. The van der Waals surface area contributed by atoms with Crippen LogP contribution in [0.15, 0.2) is 21.7 Å². The third kappa shape index (κ3) is 4.15. The molecule has 0 aromatic carbocycles. The summed E-state index contributed by atoms with van der Waals surface area (Å²) in [4.78, 5) is 2.47.